The van der Waals surface area contributed by atoms with Gasteiger partial charge in [0.15, 0.2) is 5.78 Å². The Kier molecular flexibility index (Phi) is 9.92. The molecule has 2 aromatic carbocycles. The van der Waals surface area contributed by atoms with Crippen LogP contribution in [0.25, 0.3) is 22.2 Å². The number of nitrogens with one attached hydrogen (secondary N) is 2. The summed E-state index contributed by atoms with van der Waals surface area (Å²) < 4.78 is 1.70. The molecule has 0 bridgehead atoms. The van der Waals surface area contributed by atoms with E-state index in [1.165, 1.54) is 11.8 Å². The van der Waals surface area contributed by atoms with Gasteiger partial charge in [-0.25, -0.2) is 9.97 Å². The maximum atomic E-state index is 13.6. The zero-order valence-electron chi connectivity index (χ0n) is 33.2. The van der Waals surface area contributed by atoms with Crippen molar-refractivity contribution in [3.63, 3.8) is 0 Å². The van der Waals surface area contributed by atoms with Crippen LogP contribution in [0.4, 0.5) is 11.8 Å². The molecule has 59 heavy (non-hydrogen) atoms. The molecule has 3 amide bonds. The fourth-order valence-electron chi connectivity index (χ4n) is 9.36. The first-order valence-electron chi connectivity index (χ1n) is 20.4. The minimum absolute atomic E-state index is 0.00439. The van der Waals surface area contributed by atoms with E-state index in [-0.39, 0.29) is 47.7 Å². The monoisotopic (exact) mass is 794 g/mol. The van der Waals surface area contributed by atoms with Crippen LogP contribution in [0.3, 0.4) is 0 Å². The molecule has 3 N–H and O–H groups in total. The van der Waals surface area contributed by atoms with E-state index in [4.69, 9.17) is 4.98 Å². The van der Waals surface area contributed by atoms with Crippen LogP contribution in [0, 0.1) is 6.92 Å². The van der Waals surface area contributed by atoms with E-state index in [9.17, 15) is 29.1 Å². The van der Waals surface area contributed by atoms with Gasteiger partial charge >= 0.3 is 0 Å². The normalized spacial score (nSPS) is 19.6. The number of carbonyl (C=O) groups is 4. The van der Waals surface area contributed by atoms with Gasteiger partial charge < -0.3 is 15.3 Å². The Labute approximate surface area is 340 Å². The van der Waals surface area contributed by atoms with E-state index in [2.05, 4.69) is 49.8 Å². The van der Waals surface area contributed by atoms with Crippen molar-refractivity contribution in [3.8, 4) is 11.1 Å². The van der Waals surface area contributed by atoms with Gasteiger partial charge in [-0.3, -0.25) is 38.8 Å². The van der Waals surface area contributed by atoms with Crippen molar-refractivity contribution in [1.82, 2.24) is 34.6 Å². The Morgan fingerprint density at radius 2 is 1.68 bits per heavy atom. The number of pyridine rings is 2. The number of aromatic nitrogens is 4. The summed E-state index contributed by atoms with van der Waals surface area (Å²) in [5.41, 5.74) is 5.26. The van der Waals surface area contributed by atoms with Gasteiger partial charge in [0.1, 0.15) is 17.5 Å². The van der Waals surface area contributed by atoms with Gasteiger partial charge in [-0.2, -0.15) is 4.98 Å². The van der Waals surface area contributed by atoms with Crippen molar-refractivity contribution in [1.29, 1.82) is 0 Å². The van der Waals surface area contributed by atoms with E-state index in [0.717, 1.165) is 60.0 Å². The fraction of sp³-hybridized carbons (Fsp3) is 0.378. The quantitative estimate of drug-likeness (QED) is 0.127. The number of anilines is 2. The number of benzene rings is 2. The molecule has 4 aliphatic rings. The first-order valence-corrected chi connectivity index (χ1v) is 20.4. The number of likely N-dealkylation sites (tertiary alicyclic amines) is 1. The molecule has 302 valence electrons. The van der Waals surface area contributed by atoms with Crippen molar-refractivity contribution >= 4 is 46.3 Å². The standard InChI is InChI=1S/C45H46N8O6/c1-26-35-23-47-44(50-40(35)53(33-5-3-4-6-33)43(58)39(26)27(2)54)48-37-15-11-30(22-46-37)29-9-7-28(8-10-29)24-51-19-17-45(59,18-20-51)32-12-13-34-31(21-32)25-52(42(34)57)36-14-16-38(55)49-41(36)56/h7-13,15,21-23,33,36,59H,3-6,14,16-20,24-25H2,1-2H3,(H,49,55,56)(H,46,47,48,50). The van der Waals surface area contributed by atoms with E-state index in [0.29, 0.717) is 66.3 Å². The van der Waals surface area contributed by atoms with Crippen LogP contribution in [0.15, 0.2) is 71.8 Å². The van der Waals surface area contributed by atoms with E-state index < -0.39 is 17.6 Å². The van der Waals surface area contributed by atoms with Gasteiger partial charge in [0.2, 0.25) is 17.8 Å². The zero-order chi connectivity index (χ0) is 41.0. The van der Waals surface area contributed by atoms with Crippen LogP contribution in [-0.2, 0) is 28.3 Å². The number of carbonyl (C=O) groups excluding carboxylic acids is 4. The summed E-state index contributed by atoms with van der Waals surface area (Å²) >= 11 is 0. The second kappa shape index (κ2) is 15.2. The number of nitrogens with zero attached hydrogens (tertiary/aromatic N) is 6. The van der Waals surface area contributed by atoms with Gasteiger partial charge in [0, 0.05) is 67.5 Å². The van der Waals surface area contributed by atoms with Gasteiger partial charge in [-0.05, 0) is 92.0 Å². The highest BCUT2D eigenvalue weighted by Gasteiger charge is 2.41. The van der Waals surface area contributed by atoms with Crippen molar-refractivity contribution in [2.75, 3.05) is 18.4 Å². The van der Waals surface area contributed by atoms with Gasteiger partial charge in [0.25, 0.3) is 11.5 Å². The Bertz CT molecular complexity index is 2570. The van der Waals surface area contributed by atoms with E-state index >= 15 is 0 Å². The molecule has 14 nitrogen and oxygen atoms in total. The number of aryl methyl sites for hydroxylation is 1. The predicted octanol–water partition coefficient (Wildman–Crippen LogP) is 5.47. The third kappa shape index (κ3) is 7.20. The van der Waals surface area contributed by atoms with Crippen molar-refractivity contribution in [2.24, 2.45) is 0 Å². The number of rotatable bonds is 9. The molecule has 1 aliphatic carbocycles. The van der Waals surface area contributed by atoms with Crippen molar-refractivity contribution in [2.45, 2.75) is 96.0 Å². The number of amides is 3. The van der Waals surface area contributed by atoms with Crippen molar-refractivity contribution in [3.05, 3.63) is 111 Å². The molecule has 3 fully saturated rings. The van der Waals surface area contributed by atoms with Crippen LogP contribution < -0.4 is 16.2 Å². The summed E-state index contributed by atoms with van der Waals surface area (Å²) in [5.74, 6) is -0.345. The van der Waals surface area contributed by atoms with E-state index in [1.807, 2.05) is 24.3 Å². The molecule has 3 aliphatic heterocycles. The molecule has 1 atom stereocenters. The molecular weight excluding hydrogens is 749 g/mol. The number of Topliss-reactive ketones (excluding diaryl/α,β-unsaturated/α-hetero) is 1. The zero-order valence-corrected chi connectivity index (χ0v) is 33.2. The maximum Gasteiger partial charge on any atom is 0.263 e. The van der Waals surface area contributed by atoms with Gasteiger partial charge in [0.05, 0.1) is 11.2 Å². The first kappa shape index (κ1) is 38.4. The Morgan fingerprint density at radius 1 is 0.932 bits per heavy atom. The molecule has 1 unspecified atom stereocenters. The minimum atomic E-state index is -1.02. The summed E-state index contributed by atoms with van der Waals surface area (Å²) in [5, 5.41) is 18.0. The summed E-state index contributed by atoms with van der Waals surface area (Å²) in [7, 11) is 0. The highest BCUT2D eigenvalue weighted by Crippen LogP contribution is 2.37. The van der Waals surface area contributed by atoms with Crippen LogP contribution in [-0.4, -0.2) is 77.1 Å². The number of piperidine rings is 2. The molecule has 0 spiro atoms. The number of hydrogen-bond acceptors (Lipinski definition) is 11. The van der Waals surface area contributed by atoms with Gasteiger partial charge in [-0.15, -0.1) is 0 Å². The third-order valence-electron chi connectivity index (χ3n) is 12.7. The Balaban J connectivity index is 0.821. The minimum Gasteiger partial charge on any atom is -0.385 e. The molecule has 14 heteroatoms. The lowest BCUT2D eigenvalue weighted by atomic mass is 9.83. The second-order valence-electron chi connectivity index (χ2n) is 16.4. The fourth-order valence-corrected chi connectivity index (χ4v) is 9.36. The summed E-state index contributed by atoms with van der Waals surface area (Å²) in [6.07, 6.45) is 8.88. The molecule has 6 heterocycles. The third-order valence-corrected chi connectivity index (χ3v) is 12.7. The lowest BCUT2D eigenvalue weighted by molar-refractivity contribution is -0.136. The van der Waals surface area contributed by atoms with Crippen LogP contribution in [0.5, 0.6) is 0 Å². The largest absolute Gasteiger partial charge is 0.385 e. The molecule has 9 rings (SSSR count). The Morgan fingerprint density at radius 3 is 2.37 bits per heavy atom. The Hall–Kier alpha value is -6.12. The maximum absolute atomic E-state index is 13.6. The lowest BCUT2D eigenvalue weighted by Crippen LogP contribution is -2.52. The molecule has 2 saturated heterocycles. The molecular formula is C45H46N8O6. The number of imide groups is 1. The second-order valence-corrected chi connectivity index (χ2v) is 16.4. The number of aliphatic hydroxyl groups is 1. The average Bonchev–Trinajstić information content (AvgIpc) is 3.87. The van der Waals surface area contributed by atoms with Crippen LogP contribution >= 0.6 is 0 Å². The summed E-state index contributed by atoms with van der Waals surface area (Å²) in [4.78, 5) is 81.1. The van der Waals surface area contributed by atoms with Crippen molar-refractivity contribution < 1.29 is 24.3 Å². The first-order chi connectivity index (χ1) is 28.5. The average molecular weight is 795 g/mol. The number of ketones is 1. The van der Waals surface area contributed by atoms with Crippen LogP contribution in [0.2, 0.25) is 0 Å². The molecule has 3 aromatic heterocycles. The smallest absolute Gasteiger partial charge is 0.263 e. The highest BCUT2D eigenvalue weighted by molar-refractivity contribution is 6.05. The molecule has 5 aromatic rings. The molecule has 1 saturated carbocycles. The van der Waals surface area contributed by atoms with E-state index in [1.54, 1.807) is 30.0 Å². The topological polar surface area (TPSA) is 180 Å². The SMILES string of the molecule is CC(=O)c1c(C)c2cnc(Nc3ccc(-c4ccc(CN5CCC(O)(c6ccc7c(c6)CN(C6CCC(=O)NC6=O)C7=O)CC5)cc4)cn3)nc2n(C2CCCC2)c1=O. The summed E-state index contributed by atoms with van der Waals surface area (Å²) in [6.45, 7) is 5.64. The molecule has 0 radical (unpaired) electrons. The summed E-state index contributed by atoms with van der Waals surface area (Å²) in [6, 6.07) is 17.1. The van der Waals surface area contributed by atoms with Gasteiger partial charge in [-0.1, -0.05) is 49.2 Å². The number of hydrogen-bond donors (Lipinski definition) is 3. The highest BCUT2D eigenvalue weighted by atomic mass is 16.3. The lowest BCUT2D eigenvalue weighted by Gasteiger charge is -2.38. The van der Waals surface area contributed by atoms with Crippen LogP contribution in [0.1, 0.15) is 107 Å². The number of fused-ring (bicyclic) bond motifs is 2. The predicted molar refractivity (Wildman–Crippen MR) is 220 cm³/mol.